The number of nitriles is 1. The first-order valence-corrected chi connectivity index (χ1v) is 11.0. The Morgan fingerprint density at radius 1 is 0.938 bits per heavy atom. The van der Waals surface area contributed by atoms with Crippen LogP contribution in [0.5, 0.6) is 0 Å². The van der Waals surface area contributed by atoms with Crippen molar-refractivity contribution in [2.45, 2.75) is 45.4 Å². The van der Waals surface area contributed by atoms with Gasteiger partial charge in [-0.2, -0.15) is 5.26 Å². The van der Waals surface area contributed by atoms with Gasteiger partial charge in [-0.15, -0.1) is 0 Å². The summed E-state index contributed by atoms with van der Waals surface area (Å²) in [5.74, 6) is 0. The fourth-order valence-electron chi connectivity index (χ4n) is 4.39. The molecule has 1 heterocycles. The molecule has 4 rings (SSSR count). The smallest absolute Gasteiger partial charge is 0.332 e. The molecule has 0 spiro atoms. The highest BCUT2D eigenvalue weighted by molar-refractivity contribution is 6.08. The highest BCUT2D eigenvalue weighted by Crippen LogP contribution is 2.44. The average Bonchev–Trinajstić information content (AvgIpc) is 3.05. The fourth-order valence-corrected chi connectivity index (χ4v) is 4.39. The van der Waals surface area contributed by atoms with E-state index in [9.17, 15) is 15.2 Å². The zero-order valence-electron chi connectivity index (χ0n) is 18.6. The van der Waals surface area contributed by atoms with E-state index in [1.807, 2.05) is 55.5 Å². The number of hydrogen-bond acceptors (Lipinski definition) is 3. The normalized spacial score (nSPS) is 20.5. The number of carbonyl (C=O) groups is 1. The second-order valence-electron chi connectivity index (χ2n) is 8.12. The summed E-state index contributed by atoms with van der Waals surface area (Å²) >= 11 is 0. The topological polar surface area (TPSA) is 67.6 Å². The monoisotopic (exact) mass is 425 g/mol. The van der Waals surface area contributed by atoms with Crippen LogP contribution in [0.4, 0.5) is 16.2 Å². The Hall–Kier alpha value is -3.62. The summed E-state index contributed by atoms with van der Waals surface area (Å²) in [6.45, 7) is 6.00. The second kappa shape index (κ2) is 8.49. The average molecular weight is 426 g/mol. The van der Waals surface area contributed by atoms with Crippen molar-refractivity contribution in [1.29, 1.82) is 5.26 Å². The van der Waals surface area contributed by atoms with Gasteiger partial charge in [0.05, 0.1) is 17.7 Å². The number of amides is 2. The van der Waals surface area contributed by atoms with Crippen molar-refractivity contribution in [2.24, 2.45) is 0 Å². The van der Waals surface area contributed by atoms with E-state index in [4.69, 9.17) is 0 Å². The minimum atomic E-state index is -1.65. The summed E-state index contributed by atoms with van der Waals surface area (Å²) in [5, 5.41) is 21.6. The summed E-state index contributed by atoms with van der Waals surface area (Å²) in [6, 6.07) is 23.6. The number of carbonyl (C=O) groups excluding carboxylic acids is 1. The molecule has 0 saturated carbocycles. The molecule has 162 valence electrons. The Labute approximate surface area is 189 Å². The molecule has 0 bridgehead atoms. The molecule has 3 aromatic rings. The van der Waals surface area contributed by atoms with E-state index in [-0.39, 0.29) is 6.03 Å². The number of rotatable bonds is 5. The zero-order chi connectivity index (χ0) is 22.9. The predicted molar refractivity (Wildman–Crippen MR) is 127 cm³/mol. The molecule has 2 unspecified atom stereocenters. The quantitative estimate of drug-likeness (QED) is 0.598. The van der Waals surface area contributed by atoms with Crippen LogP contribution in [-0.2, 0) is 18.6 Å². The summed E-state index contributed by atoms with van der Waals surface area (Å²) in [5.41, 5.74) is 2.94. The Balaban J connectivity index is 1.88. The standard InChI is InChI=1S/C27H27N3O2/c1-4-20-9-13-24(14-10-20)29-19(3)27(32,23-8-6-7-22(17-23)18-28)30(26(29)31)25-15-11-21(5-2)12-16-25/h6-17,19,32H,4-5H2,1-3H3. The highest BCUT2D eigenvalue weighted by atomic mass is 16.3. The van der Waals surface area contributed by atoms with E-state index in [0.717, 1.165) is 24.1 Å². The van der Waals surface area contributed by atoms with Crippen molar-refractivity contribution >= 4 is 17.4 Å². The van der Waals surface area contributed by atoms with Crippen LogP contribution in [0.1, 0.15) is 43.0 Å². The molecular formula is C27H27N3O2. The van der Waals surface area contributed by atoms with Crippen molar-refractivity contribution in [3.05, 3.63) is 95.1 Å². The first kappa shape index (κ1) is 21.6. The third-order valence-electron chi connectivity index (χ3n) is 6.35. The van der Waals surface area contributed by atoms with Crippen LogP contribution in [0, 0.1) is 11.3 Å². The second-order valence-corrected chi connectivity index (χ2v) is 8.12. The molecule has 32 heavy (non-hydrogen) atoms. The lowest BCUT2D eigenvalue weighted by atomic mass is 9.93. The van der Waals surface area contributed by atoms with Crippen LogP contribution in [0.25, 0.3) is 0 Å². The molecule has 1 N–H and O–H groups in total. The van der Waals surface area contributed by atoms with Gasteiger partial charge in [-0.1, -0.05) is 50.2 Å². The Kier molecular flexibility index (Phi) is 5.73. The van der Waals surface area contributed by atoms with E-state index in [1.165, 1.54) is 10.5 Å². The molecule has 1 saturated heterocycles. The molecule has 1 fully saturated rings. The SMILES string of the molecule is CCc1ccc(N2C(=O)N(c3ccc(CC)cc3)C(O)(c3cccc(C#N)c3)C2C)cc1. The number of hydrogen-bond donors (Lipinski definition) is 1. The van der Waals surface area contributed by atoms with E-state index >= 15 is 0 Å². The van der Waals surface area contributed by atoms with E-state index in [1.54, 1.807) is 29.2 Å². The van der Waals surface area contributed by atoms with Crippen LogP contribution in [0.2, 0.25) is 0 Å². The first-order chi connectivity index (χ1) is 15.4. The number of aliphatic hydroxyl groups is 1. The van der Waals surface area contributed by atoms with Gasteiger partial charge in [0, 0.05) is 16.9 Å². The maximum Gasteiger partial charge on any atom is 0.332 e. The molecule has 1 aliphatic rings. The van der Waals surface area contributed by atoms with Crippen molar-refractivity contribution in [2.75, 3.05) is 9.80 Å². The molecule has 5 heteroatoms. The molecule has 2 atom stereocenters. The van der Waals surface area contributed by atoms with E-state index in [2.05, 4.69) is 19.9 Å². The molecule has 0 radical (unpaired) electrons. The van der Waals surface area contributed by atoms with Gasteiger partial charge in [0.15, 0.2) is 5.72 Å². The molecule has 1 aliphatic heterocycles. The lowest BCUT2D eigenvalue weighted by molar-refractivity contribution is 0.0372. The van der Waals surface area contributed by atoms with Gasteiger partial charge in [-0.3, -0.25) is 9.80 Å². The molecule has 0 aliphatic carbocycles. The van der Waals surface area contributed by atoms with Gasteiger partial charge in [0.25, 0.3) is 0 Å². The maximum absolute atomic E-state index is 13.8. The predicted octanol–water partition coefficient (Wildman–Crippen LogP) is 5.36. The molecule has 0 aromatic heterocycles. The van der Waals surface area contributed by atoms with Gasteiger partial charge in [-0.05, 0) is 67.3 Å². The zero-order valence-corrected chi connectivity index (χ0v) is 18.6. The van der Waals surface area contributed by atoms with Crippen molar-refractivity contribution in [1.82, 2.24) is 0 Å². The minimum Gasteiger partial charge on any atom is -0.365 e. The van der Waals surface area contributed by atoms with Gasteiger partial charge in [-0.25, -0.2) is 4.79 Å². The first-order valence-electron chi connectivity index (χ1n) is 11.0. The third-order valence-corrected chi connectivity index (χ3v) is 6.35. The number of benzene rings is 3. The highest BCUT2D eigenvalue weighted by Gasteiger charge is 2.56. The maximum atomic E-state index is 13.8. The van der Waals surface area contributed by atoms with Gasteiger partial charge < -0.3 is 5.11 Å². The lowest BCUT2D eigenvalue weighted by Gasteiger charge is -2.35. The van der Waals surface area contributed by atoms with Crippen LogP contribution in [0.15, 0.2) is 72.8 Å². The summed E-state index contributed by atoms with van der Waals surface area (Å²) in [4.78, 5) is 16.9. The number of urea groups is 1. The minimum absolute atomic E-state index is 0.309. The Bertz CT molecular complexity index is 1160. The van der Waals surface area contributed by atoms with E-state index in [0.29, 0.717) is 16.8 Å². The van der Waals surface area contributed by atoms with Gasteiger partial charge in [0.2, 0.25) is 0 Å². The van der Waals surface area contributed by atoms with Gasteiger partial charge >= 0.3 is 6.03 Å². The largest absolute Gasteiger partial charge is 0.365 e. The fraction of sp³-hybridized carbons (Fsp3) is 0.259. The summed E-state index contributed by atoms with van der Waals surface area (Å²) in [6.07, 6.45) is 1.79. The van der Waals surface area contributed by atoms with Crippen LogP contribution < -0.4 is 9.80 Å². The molecule has 2 amide bonds. The summed E-state index contributed by atoms with van der Waals surface area (Å²) < 4.78 is 0. The van der Waals surface area contributed by atoms with Crippen LogP contribution in [-0.4, -0.2) is 17.2 Å². The molecule has 3 aromatic carbocycles. The van der Waals surface area contributed by atoms with Gasteiger partial charge in [0.1, 0.15) is 0 Å². The van der Waals surface area contributed by atoms with Crippen molar-refractivity contribution in [3.8, 4) is 6.07 Å². The Morgan fingerprint density at radius 2 is 1.50 bits per heavy atom. The lowest BCUT2D eigenvalue weighted by Crippen LogP contribution is -2.48. The van der Waals surface area contributed by atoms with Crippen molar-refractivity contribution < 1.29 is 9.90 Å². The number of anilines is 2. The summed E-state index contributed by atoms with van der Waals surface area (Å²) in [7, 11) is 0. The van der Waals surface area contributed by atoms with Crippen molar-refractivity contribution in [3.63, 3.8) is 0 Å². The number of aryl methyl sites for hydroxylation is 2. The molecular weight excluding hydrogens is 398 g/mol. The van der Waals surface area contributed by atoms with Crippen LogP contribution >= 0.6 is 0 Å². The number of nitrogens with zero attached hydrogens (tertiary/aromatic N) is 3. The Morgan fingerprint density at radius 3 is 2.03 bits per heavy atom. The third kappa shape index (κ3) is 3.43. The molecule has 5 nitrogen and oxygen atoms in total. The van der Waals surface area contributed by atoms with Crippen LogP contribution in [0.3, 0.4) is 0 Å². The van der Waals surface area contributed by atoms with E-state index < -0.39 is 11.8 Å².